The summed E-state index contributed by atoms with van der Waals surface area (Å²) in [4.78, 5) is 43.5. The second-order valence-electron chi connectivity index (χ2n) is 10.2. The molecule has 0 unspecified atom stereocenters. The van der Waals surface area contributed by atoms with Gasteiger partial charge >= 0.3 is 23.9 Å². The van der Waals surface area contributed by atoms with Crippen LogP contribution < -0.4 is 9.47 Å². The largest absolute Gasteiger partial charge is 0.493 e. The summed E-state index contributed by atoms with van der Waals surface area (Å²) >= 11 is 0. The van der Waals surface area contributed by atoms with Gasteiger partial charge in [-0.1, -0.05) is 30.3 Å². The molecule has 0 aromatic heterocycles. The van der Waals surface area contributed by atoms with Crippen molar-refractivity contribution in [2.75, 3.05) is 40.4 Å². The van der Waals surface area contributed by atoms with Crippen LogP contribution in [0.4, 0.5) is 0 Å². The predicted octanol–water partition coefficient (Wildman–Crippen LogP) is 3.40. The minimum Gasteiger partial charge on any atom is -0.493 e. The molecule has 0 spiro atoms. The molecule has 2 aromatic carbocycles. The maximum atomic E-state index is 9.55. The van der Waals surface area contributed by atoms with Crippen molar-refractivity contribution >= 4 is 23.9 Å². The monoisotopic (exact) mass is 612 g/mol. The summed E-state index contributed by atoms with van der Waals surface area (Å²) in [6.45, 7) is 6.94. The molecule has 0 saturated carbocycles. The third kappa shape index (κ3) is 13.5. The lowest BCUT2D eigenvalue weighted by Crippen LogP contribution is -2.40. The molecular formula is C32H40N2O10. The average Bonchev–Trinajstić information content (AvgIpc) is 3.00. The zero-order valence-electron chi connectivity index (χ0n) is 24.9. The lowest BCUT2D eigenvalue weighted by molar-refractivity contribution is -0.134. The second-order valence-corrected chi connectivity index (χ2v) is 10.2. The predicted molar refractivity (Wildman–Crippen MR) is 162 cm³/mol. The molecule has 0 aliphatic carbocycles. The Morgan fingerprint density at radius 2 is 1.25 bits per heavy atom. The van der Waals surface area contributed by atoms with E-state index >= 15 is 0 Å². The quantitative estimate of drug-likeness (QED) is 0.288. The Bertz CT molecular complexity index is 1250. The van der Waals surface area contributed by atoms with E-state index in [1.807, 2.05) is 6.07 Å². The fraction of sp³-hybridized carbons (Fsp3) is 0.375. The zero-order valence-corrected chi connectivity index (χ0v) is 24.9. The maximum Gasteiger partial charge on any atom is 0.328 e. The number of aliphatic carboxylic acids is 4. The van der Waals surface area contributed by atoms with E-state index < -0.39 is 23.9 Å². The standard InChI is InChI=1S/C24H32N2O2.2C4H4O4/c1-27-23-8-7-20(15-24(23)28-2)17-25-12-9-19(10-13-25)16-26-14-11-21-5-3-4-6-22(21)18-26;2*5-3(6)1-2-4(7)8/h3-8,15,19H,9-14,16-18H2,1-2H3;2*1-2H,(H,5,6)(H,7,8). The first kappa shape index (κ1) is 35.5. The highest BCUT2D eigenvalue weighted by atomic mass is 16.5. The van der Waals surface area contributed by atoms with Crippen LogP contribution in [0.3, 0.4) is 0 Å². The minimum absolute atomic E-state index is 0.558. The average molecular weight is 613 g/mol. The molecule has 2 aromatic rings. The summed E-state index contributed by atoms with van der Waals surface area (Å²) in [6.07, 6.45) is 6.03. The van der Waals surface area contributed by atoms with Gasteiger partial charge in [0.2, 0.25) is 0 Å². The molecule has 4 rings (SSSR count). The number of ether oxygens (including phenoxy) is 2. The molecule has 12 heteroatoms. The van der Waals surface area contributed by atoms with Crippen molar-refractivity contribution in [3.63, 3.8) is 0 Å². The second kappa shape index (κ2) is 18.8. The SMILES string of the molecule is COc1ccc(CN2CCC(CN3CCc4ccccc4C3)CC2)cc1OC.O=C(O)C=CC(=O)O.O=C(O)C=CC(=O)O. The number of benzene rings is 2. The van der Waals surface area contributed by atoms with Gasteiger partial charge in [0.25, 0.3) is 0 Å². The molecule has 0 bridgehead atoms. The van der Waals surface area contributed by atoms with E-state index in [0.29, 0.717) is 24.3 Å². The summed E-state index contributed by atoms with van der Waals surface area (Å²) in [5.74, 6) is -2.58. The van der Waals surface area contributed by atoms with Crippen molar-refractivity contribution in [3.8, 4) is 11.5 Å². The Morgan fingerprint density at radius 3 is 1.75 bits per heavy atom. The molecule has 44 heavy (non-hydrogen) atoms. The summed E-state index contributed by atoms with van der Waals surface area (Å²) in [5.41, 5.74) is 4.37. The van der Waals surface area contributed by atoms with E-state index in [-0.39, 0.29) is 0 Å². The zero-order chi connectivity index (χ0) is 32.5. The number of piperidine rings is 1. The van der Waals surface area contributed by atoms with Gasteiger partial charge in [-0.3, -0.25) is 9.80 Å². The number of likely N-dealkylation sites (tertiary alicyclic amines) is 1. The van der Waals surface area contributed by atoms with Gasteiger partial charge in [-0.15, -0.1) is 0 Å². The van der Waals surface area contributed by atoms with E-state index in [9.17, 15) is 19.2 Å². The maximum absolute atomic E-state index is 9.55. The molecule has 0 atom stereocenters. The molecule has 238 valence electrons. The number of carboxylic acid groups (broad SMARTS) is 4. The summed E-state index contributed by atoms with van der Waals surface area (Å²) in [6, 6.07) is 15.2. The van der Waals surface area contributed by atoms with Crippen molar-refractivity contribution < 1.29 is 49.1 Å². The van der Waals surface area contributed by atoms with Gasteiger partial charge in [0.15, 0.2) is 11.5 Å². The molecule has 1 fully saturated rings. The highest BCUT2D eigenvalue weighted by Crippen LogP contribution is 2.29. The van der Waals surface area contributed by atoms with Crippen molar-refractivity contribution in [1.29, 1.82) is 0 Å². The van der Waals surface area contributed by atoms with Gasteiger partial charge in [0, 0.05) is 50.5 Å². The normalized spacial score (nSPS) is 15.3. The molecule has 12 nitrogen and oxygen atoms in total. The van der Waals surface area contributed by atoms with E-state index in [1.54, 1.807) is 19.8 Å². The minimum atomic E-state index is -1.26. The van der Waals surface area contributed by atoms with Crippen LogP contribution in [0.1, 0.15) is 29.5 Å². The molecular weight excluding hydrogens is 572 g/mol. The molecule has 2 aliphatic heterocycles. The van der Waals surface area contributed by atoms with Gasteiger partial charge in [-0.25, -0.2) is 19.2 Å². The lowest BCUT2D eigenvalue weighted by atomic mass is 9.93. The molecule has 2 aliphatic rings. The molecule has 4 N–H and O–H groups in total. The Hall–Kier alpha value is -4.68. The fourth-order valence-electron chi connectivity index (χ4n) is 4.92. The molecule has 0 radical (unpaired) electrons. The van der Waals surface area contributed by atoms with Gasteiger partial charge < -0.3 is 29.9 Å². The smallest absolute Gasteiger partial charge is 0.328 e. The van der Waals surface area contributed by atoms with Crippen LogP contribution >= 0.6 is 0 Å². The Morgan fingerprint density at radius 1 is 0.727 bits per heavy atom. The Kier molecular flexibility index (Phi) is 15.2. The van der Waals surface area contributed by atoms with Crippen LogP contribution in [0.25, 0.3) is 0 Å². The first-order chi connectivity index (χ1) is 21.0. The first-order valence-electron chi connectivity index (χ1n) is 14.0. The number of nitrogens with zero attached hydrogens (tertiary/aromatic N) is 2. The van der Waals surface area contributed by atoms with Gasteiger partial charge in [0.05, 0.1) is 14.2 Å². The lowest BCUT2D eigenvalue weighted by Gasteiger charge is -2.36. The molecule has 2 heterocycles. The van der Waals surface area contributed by atoms with E-state index in [2.05, 4.69) is 46.2 Å². The van der Waals surface area contributed by atoms with Gasteiger partial charge in [-0.2, -0.15) is 0 Å². The van der Waals surface area contributed by atoms with Gasteiger partial charge in [0.1, 0.15) is 0 Å². The van der Waals surface area contributed by atoms with Crippen molar-refractivity contribution in [3.05, 3.63) is 83.5 Å². The van der Waals surface area contributed by atoms with Crippen LogP contribution in [-0.2, 0) is 38.7 Å². The molecule has 0 amide bonds. The van der Waals surface area contributed by atoms with Crippen LogP contribution in [0, 0.1) is 5.92 Å². The van der Waals surface area contributed by atoms with Crippen LogP contribution in [0.5, 0.6) is 11.5 Å². The van der Waals surface area contributed by atoms with Crippen molar-refractivity contribution in [1.82, 2.24) is 9.80 Å². The number of methoxy groups -OCH3 is 2. The number of carbonyl (C=O) groups is 4. The van der Waals surface area contributed by atoms with Crippen LogP contribution in [0.2, 0.25) is 0 Å². The Balaban J connectivity index is 0.000000349. The number of carboxylic acids is 4. The van der Waals surface area contributed by atoms with Crippen molar-refractivity contribution in [2.45, 2.75) is 32.4 Å². The van der Waals surface area contributed by atoms with E-state index in [4.69, 9.17) is 29.9 Å². The summed E-state index contributed by atoms with van der Waals surface area (Å²) < 4.78 is 10.8. The number of hydrogen-bond acceptors (Lipinski definition) is 8. The van der Waals surface area contributed by atoms with E-state index in [1.165, 1.54) is 56.6 Å². The number of rotatable bonds is 10. The molecule has 1 saturated heterocycles. The summed E-state index contributed by atoms with van der Waals surface area (Å²) in [7, 11) is 3.38. The van der Waals surface area contributed by atoms with Gasteiger partial charge in [-0.05, 0) is 67.1 Å². The highest BCUT2D eigenvalue weighted by molar-refractivity contribution is 5.90. The third-order valence-corrected chi connectivity index (χ3v) is 7.02. The Labute approximate surface area is 256 Å². The summed E-state index contributed by atoms with van der Waals surface area (Å²) in [5, 5.41) is 31.2. The van der Waals surface area contributed by atoms with Crippen LogP contribution in [-0.4, -0.2) is 94.5 Å². The van der Waals surface area contributed by atoms with E-state index in [0.717, 1.165) is 30.5 Å². The fourth-order valence-corrected chi connectivity index (χ4v) is 4.92. The highest BCUT2D eigenvalue weighted by Gasteiger charge is 2.24. The first-order valence-corrected chi connectivity index (χ1v) is 14.0. The van der Waals surface area contributed by atoms with Crippen LogP contribution in [0.15, 0.2) is 66.8 Å². The topological polar surface area (TPSA) is 174 Å². The number of fused-ring (bicyclic) bond motifs is 1. The number of hydrogen-bond donors (Lipinski definition) is 4. The van der Waals surface area contributed by atoms with Crippen molar-refractivity contribution in [2.24, 2.45) is 5.92 Å². The third-order valence-electron chi connectivity index (χ3n) is 7.02.